The normalized spacial score (nSPS) is 10.2. The van der Waals surface area contributed by atoms with Crippen LogP contribution in [0.25, 0.3) is 11.3 Å². The summed E-state index contributed by atoms with van der Waals surface area (Å²) in [7, 11) is 0. The molecular formula is C11H10N2O2. The van der Waals surface area contributed by atoms with Crippen molar-refractivity contribution in [3.63, 3.8) is 0 Å². The molecule has 0 amide bonds. The molecule has 0 fully saturated rings. The third-order valence-corrected chi connectivity index (χ3v) is 2.21. The molecule has 2 N–H and O–H groups in total. The van der Waals surface area contributed by atoms with Gasteiger partial charge in [-0.15, -0.1) is 0 Å². The third-order valence-electron chi connectivity index (χ3n) is 2.21. The molecule has 2 aromatic rings. The van der Waals surface area contributed by atoms with Gasteiger partial charge in [-0.3, -0.25) is 0 Å². The average Bonchev–Trinajstić information content (AvgIpc) is 2.64. The standard InChI is InChI=1S/C11H10N2O2/c1-7-10(13-6-12-7)8-3-2-4-9(5-8)11(14)15/h2-6H,1H3,(H,12,13)(H,14,15). The highest BCUT2D eigenvalue weighted by Crippen LogP contribution is 2.20. The molecule has 4 heteroatoms. The summed E-state index contributed by atoms with van der Waals surface area (Å²) >= 11 is 0. The summed E-state index contributed by atoms with van der Waals surface area (Å²) in [5.41, 5.74) is 2.80. The number of benzene rings is 1. The zero-order valence-electron chi connectivity index (χ0n) is 8.19. The van der Waals surface area contributed by atoms with Crippen LogP contribution >= 0.6 is 0 Å². The Hall–Kier alpha value is -2.10. The zero-order chi connectivity index (χ0) is 10.8. The van der Waals surface area contributed by atoms with Crippen molar-refractivity contribution in [2.45, 2.75) is 6.92 Å². The topological polar surface area (TPSA) is 66.0 Å². The fraction of sp³-hybridized carbons (Fsp3) is 0.0909. The molecule has 1 aromatic carbocycles. The van der Waals surface area contributed by atoms with Crippen molar-refractivity contribution in [3.05, 3.63) is 41.9 Å². The van der Waals surface area contributed by atoms with Gasteiger partial charge in [0.2, 0.25) is 0 Å². The molecule has 0 radical (unpaired) electrons. The average molecular weight is 202 g/mol. The van der Waals surface area contributed by atoms with Crippen LogP contribution in [0.2, 0.25) is 0 Å². The lowest BCUT2D eigenvalue weighted by Crippen LogP contribution is -1.96. The van der Waals surface area contributed by atoms with E-state index in [4.69, 9.17) is 5.11 Å². The Morgan fingerprint density at radius 1 is 1.47 bits per heavy atom. The minimum absolute atomic E-state index is 0.273. The number of nitrogens with zero attached hydrogens (tertiary/aromatic N) is 1. The number of aryl methyl sites for hydroxylation is 1. The second-order valence-corrected chi connectivity index (χ2v) is 3.26. The quantitative estimate of drug-likeness (QED) is 0.783. The van der Waals surface area contributed by atoms with E-state index in [0.717, 1.165) is 17.0 Å². The Morgan fingerprint density at radius 3 is 2.87 bits per heavy atom. The van der Waals surface area contributed by atoms with Crippen LogP contribution in [0.1, 0.15) is 16.1 Å². The van der Waals surface area contributed by atoms with Gasteiger partial charge in [-0.2, -0.15) is 0 Å². The lowest BCUT2D eigenvalue weighted by molar-refractivity contribution is 0.0697. The van der Waals surface area contributed by atoms with Crippen LogP contribution in [0.4, 0.5) is 0 Å². The highest BCUT2D eigenvalue weighted by atomic mass is 16.4. The molecule has 2 rings (SSSR count). The Kier molecular flexibility index (Phi) is 2.25. The van der Waals surface area contributed by atoms with Crippen LogP contribution in [-0.2, 0) is 0 Å². The number of aromatic nitrogens is 2. The van der Waals surface area contributed by atoms with Gasteiger partial charge in [-0.1, -0.05) is 12.1 Å². The molecule has 0 bridgehead atoms. The molecule has 0 aliphatic carbocycles. The highest BCUT2D eigenvalue weighted by Gasteiger charge is 2.07. The van der Waals surface area contributed by atoms with Crippen molar-refractivity contribution in [1.82, 2.24) is 9.97 Å². The number of carboxylic acid groups (broad SMARTS) is 1. The van der Waals surface area contributed by atoms with E-state index >= 15 is 0 Å². The molecule has 0 saturated carbocycles. The summed E-state index contributed by atoms with van der Waals surface area (Å²) in [5.74, 6) is -0.926. The van der Waals surface area contributed by atoms with E-state index in [1.807, 2.05) is 13.0 Å². The summed E-state index contributed by atoms with van der Waals surface area (Å²) in [5, 5.41) is 8.85. The first-order valence-electron chi connectivity index (χ1n) is 4.52. The van der Waals surface area contributed by atoms with Gasteiger partial charge in [0.15, 0.2) is 0 Å². The number of hydrogen-bond acceptors (Lipinski definition) is 2. The van der Waals surface area contributed by atoms with Gasteiger partial charge >= 0.3 is 5.97 Å². The van der Waals surface area contributed by atoms with Gasteiger partial charge in [-0.05, 0) is 19.1 Å². The highest BCUT2D eigenvalue weighted by molar-refractivity contribution is 5.89. The van der Waals surface area contributed by atoms with E-state index in [9.17, 15) is 4.79 Å². The predicted molar refractivity (Wildman–Crippen MR) is 55.7 cm³/mol. The van der Waals surface area contributed by atoms with Crippen LogP contribution in [0, 0.1) is 6.92 Å². The second kappa shape index (κ2) is 3.57. The van der Waals surface area contributed by atoms with Crippen molar-refractivity contribution >= 4 is 5.97 Å². The van der Waals surface area contributed by atoms with Gasteiger partial charge in [0, 0.05) is 11.3 Å². The van der Waals surface area contributed by atoms with Gasteiger partial charge in [0.1, 0.15) is 0 Å². The first kappa shape index (κ1) is 9.45. The molecule has 4 nitrogen and oxygen atoms in total. The molecule has 15 heavy (non-hydrogen) atoms. The summed E-state index contributed by atoms with van der Waals surface area (Å²) in [6.45, 7) is 1.90. The molecule has 0 aliphatic rings. The number of carboxylic acids is 1. The number of hydrogen-bond donors (Lipinski definition) is 2. The van der Waals surface area contributed by atoms with Crippen LogP contribution in [0.5, 0.6) is 0 Å². The fourth-order valence-corrected chi connectivity index (χ4v) is 1.45. The SMILES string of the molecule is Cc1[nH]cnc1-c1cccc(C(=O)O)c1. The van der Waals surface area contributed by atoms with Gasteiger partial charge in [0.25, 0.3) is 0 Å². The zero-order valence-corrected chi connectivity index (χ0v) is 8.19. The summed E-state index contributed by atoms with van der Waals surface area (Å²) < 4.78 is 0. The van der Waals surface area contributed by atoms with Crippen molar-refractivity contribution in [1.29, 1.82) is 0 Å². The number of aromatic amines is 1. The number of nitrogens with one attached hydrogen (secondary N) is 1. The molecule has 0 atom stereocenters. The molecule has 0 saturated heterocycles. The number of rotatable bonds is 2. The summed E-state index contributed by atoms with van der Waals surface area (Å²) in [4.78, 5) is 17.9. The monoisotopic (exact) mass is 202 g/mol. The Labute approximate surface area is 86.6 Å². The van der Waals surface area contributed by atoms with E-state index in [-0.39, 0.29) is 5.56 Å². The molecule has 0 spiro atoms. The van der Waals surface area contributed by atoms with Crippen LogP contribution in [-0.4, -0.2) is 21.0 Å². The van der Waals surface area contributed by atoms with Crippen molar-refractivity contribution in [3.8, 4) is 11.3 Å². The van der Waals surface area contributed by atoms with Crippen molar-refractivity contribution < 1.29 is 9.90 Å². The van der Waals surface area contributed by atoms with Crippen LogP contribution in [0.15, 0.2) is 30.6 Å². The Morgan fingerprint density at radius 2 is 2.27 bits per heavy atom. The minimum atomic E-state index is -0.926. The van der Waals surface area contributed by atoms with Gasteiger partial charge < -0.3 is 10.1 Å². The largest absolute Gasteiger partial charge is 0.478 e. The Balaban J connectivity index is 2.50. The van der Waals surface area contributed by atoms with Crippen molar-refractivity contribution in [2.24, 2.45) is 0 Å². The third kappa shape index (κ3) is 1.74. The number of aromatic carboxylic acids is 1. The second-order valence-electron chi connectivity index (χ2n) is 3.26. The maximum atomic E-state index is 10.8. The molecular weight excluding hydrogens is 192 g/mol. The van der Waals surface area contributed by atoms with Crippen molar-refractivity contribution in [2.75, 3.05) is 0 Å². The summed E-state index contributed by atoms with van der Waals surface area (Å²) in [6, 6.07) is 6.74. The van der Waals surface area contributed by atoms with Gasteiger partial charge in [-0.25, -0.2) is 9.78 Å². The smallest absolute Gasteiger partial charge is 0.335 e. The first-order chi connectivity index (χ1) is 7.18. The van der Waals surface area contributed by atoms with E-state index in [1.54, 1.807) is 24.5 Å². The number of H-pyrrole nitrogens is 1. The fourth-order valence-electron chi connectivity index (χ4n) is 1.45. The maximum absolute atomic E-state index is 10.8. The number of carbonyl (C=O) groups is 1. The molecule has 0 aliphatic heterocycles. The van der Waals surface area contributed by atoms with E-state index in [1.165, 1.54) is 0 Å². The number of imidazole rings is 1. The molecule has 1 heterocycles. The Bertz CT molecular complexity index is 503. The molecule has 1 aromatic heterocycles. The summed E-state index contributed by atoms with van der Waals surface area (Å²) in [6.07, 6.45) is 1.60. The van der Waals surface area contributed by atoms with Gasteiger partial charge in [0.05, 0.1) is 17.6 Å². The maximum Gasteiger partial charge on any atom is 0.335 e. The predicted octanol–water partition coefficient (Wildman–Crippen LogP) is 2.08. The van der Waals surface area contributed by atoms with E-state index in [2.05, 4.69) is 9.97 Å². The van der Waals surface area contributed by atoms with E-state index < -0.39 is 5.97 Å². The first-order valence-corrected chi connectivity index (χ1v) is 4.52. The molecule has 0 unspecified atom stereocenters. The lowest BCUT2D eigenvalue weighted by Gasteiger charge is -2.00. The van der Waals surface area contributed by atoms with Crippen LogP contribution < -0.4 is 0 Å². The minimum Gasteiger partial charge on any atom is -0.478 e. The lowest BCUT2D eigenvalue weighted by atomic mass is 10.1. The van der Waals surface area contributed by atoms with Crippen LogP contribution in [0.3, 0.4) is 0 Å². The molecule has 76 valence electrons. The van der Waals surface area contributed by atoms with E-state index in [0.29, 0.717) is 0 Å².